The molecular formula is C29H35N3O3. The number of likely N-dealkylation sites (tertiary alicyclic amines) is 2. The molecule has 0 spiro atoms. The number of rotatable bonds is 6. The number of methoxy groups -OCH3 is 2. The lowest BCUT2D eigenvalue weighted by molar-refractivity contribution is -0.122. The summed E-state index contributed by atoms with van der Waals surface area (Å²) in [7, 11) is 3.23. The van der Waals surface area contributed by atoms with Gasteiger partial charge in [0.2, 0.25) is 0 Å². The zero-order chi connectivity index (χ0) is 24.2. The van der Waals surface area contributed by atoms with E-state index in [0.717, 1.165) is 41.5 Å². The SMILES string of the molecule is COc1ccc(C2=C\C(=O)N3C=C(N4CCC(CN5CCCC5)CC4)C=C\C3=C/C=C/2)cc1OC. The van der Waals surface area contributed by atoms with Crippen LogP contribution in [0.4, 0.5) is 0 Å². The summed E-state index contributed by atoms with van der Waals surface area (Å²) >= 11 is 0. The van der Waals surface area contributed by atoms with E-state index in [4.69, 9.17) is 9.47 Å². The van der Waals surface area contributed by atoms with Crippen LogP contribution in [0.2, 0.25) is 0 Å². The standard InChI is InChI=1S/C29H35N3O3/c1-34-27-11-8-24(18-28(27)35-2)23-6-5-7-25-9-10-26(21-32(25)29(33)19-23)31-16-12-22(13-17-31)20-30-14-3-4-15-30/h5-11,18-19,21-22H,3-4,12-17,20H2,1-2H3/b6-5+,23-19+,25-7+. The Morgan fingerprint density at radius 2 is 1.66 bits per heavy atom. The molecule has 6 heteroatoms. The number of piperidine rings is 1. The zero-order valence-corrected chi connectivity index (χ0v) is 20.8. The number of benzene rings is 1. The molecule has 2 fully saturated rings. The second-order valence-electron chi connectivity index (χ2n) is 9.65. The van der Waals surface area contributed by atoms with E-state index in [9.17, 15) is 4.79 Å². The molecule has 4 aliphatic rings. The maximum atomic E-state index is 13.4. The topological polar surface area (TPSA) is 45.2 Å². The van der Waals surface area contributed by atoms with Gasteiger partial charge in [0.1, 0.15) is 0 Å². The summed E-state index contributed by atoms with van der Waals surface area (Å²) < 4.78 is 10.8. The van der Waals surface area contributed by atoms with Crippen LogP contribution in [0.5, 0.6) is 11.5 Å². The number of carbonyl (C=O) groups excluding carboxylic acids is 1. The molecular weight excluding hydrogens is 438 g/mol. The van der Waals surface area contributed by atoms with Crippen LogP contribution < -0.4 is 9.47 Å². The summed E-state index contributed by atoms with van der Waals surface area (Å²) in [4.78, 5) is 20.2. The molecule has 0 bridgehead atoms. The van der Waals surface area contributed by atoms with Crippen molar-refractivity contribution in [2.45, 2.75) is 25.7 Å². The average molecular weight is 474 g/mol. The third-order valence-corrected chi connectivity index (χ3v) is 7.44. The summed E-state index contributed by atoms with van der Waals surface area (Å²) in [5.74, 6) is 2.03. The van der Waals surface area contributed by atoms with Crippen molar-refractivity contribution in [2.24, 2.45) is 5.92 Å². The van der Waals surface area contributed by atoms with Gasteiger partial charge in [-0.25, -0.2) is 0 Å². The lowest BCUT2D eigenvalue weighted by atomic mass is 9.95. The highest BCUT2D eigenvalue weighted by molar-refractivity contribution is 6.00. The van der Waals surface area contributed by atoms with Crippen LogP contribution in [0.15, 0.2) is 72.2 Å². The summed E-state index contributed by atoms with van der Waals surface area (Å²) in [6, 6.07) is 5.71. The van der Waals surface area contributed by atoms with E-state index < -0.39 is 0 Å². The maximum Gasteiger partial charge on any atom is 0.255 e. The Morgan fingerprint density at radius 3 is 2.40 bits per heavy atom. The Labute approximate surface area is 208 Å². The molecule has 35 heavy (non-hydrogen) atoms. The molecule has 0 aliphatic carbocycles. The minimum absolute atomic E-state index is 0.0591. The largest absolute Gasteiger partial charge is 0.493 e. The minimum atomic E-state index is -0.0591. The third kappa shape index (κ3) is 5.22. The van der Waals surface area contributed by atoms with Crippen LogP contribution >= 0.6 is 0 Å². The molecule has 4 heterocycles. The highest BCUT2D eigenvalue weighted by Gasteiger charge is 2.26. The van der Waals surface area contributed by atoms with E-state index in [-0.39, 0.29) is 5.91 Å². The molecule has 0 radical (unpaired) electrons. The fourth-order valence-electron chi connectivity index (χ4n) is 5.42. The van der Waals surface area contributed by atoms with Crippen LogP contribution in [0.1, 0.15) is 31.2 Å². The zero-order valence-electron chi connectivity index (χ0n) is 20.8. The van der Waals surface area contributed by atoms with Crippen molar-refractivity contribution in [3.05, 3.63) is 77.8 Å². The molecule has 1 aromatic carbocycles. The Kier molecular flexibility index (Phi) is 7.09. The summed E-state index contributed by atoms with van der Waals surface area (Å²) in [6.07, 6.45) is 18.9. The van der Waals surface area contributed by atoms with Gasteiger partial charge in [-0.15, -0.1) is 0 Å². The van der Waals surface area contributed by atoms with Crippen molar-refractivity contribution in [1.29, 1.82) is 0 Å². The van der Waals surface area contributed by atoms with Crippen molar-refractivity contribution in [1.82, 2.24) is 14.7 Å². The summed E-state index contributed by atoms with van der Waals surface area (Å²) in [6.45, 7) is 5.88. The molecule has 4 aliphatic heterocycles. The Morgan fingerprint density at radius 1 is 0.914 bits per heavy atom. The summed E-state index contributed by atoms with van der Waals surface area (Å²) in [5.41, 5.74) is 3.72. The molecule has 0 saturated carbocycles. The Balaban J connectivity index is 1.30. The normalized spacial score (nSPS) is 25.1. The molecule has 0 aromatic heterocycles. The first-order valence-electron chi connectivity index (χ1n) is 12.7. The first-order valence-corrected chi connectivity index (χ1v) is 12.7. The van der Waals surface area contributed by atoms with E-state index in [1.807, 2.05) is 48.7 Å². The van der Waals surface area contributed by atoms with Gasteiger partial charge in [-0.2, -0.15) is 0 Å². The van der Waals surface area contributed by atoms with Gasteiger partial charge < -0.3 is 19.3 Å². The quantitative estimate of drug-likeness (QED) is 0.605. The van der Waals surface area contributed by atoms with Crippen LogP contribution in [0.3, 0.4) is 0 Å². The smallest absolute Gasteiger partial charge is 0.255 e. The molecule has 184 valence electrons. The Hall–Kier alpha value is -3.25. The number of ether oxygens (including phenoxy) is 2. The molecule has 2 saturated heterocycles. The summed E-state index contributed by atoms with van der Waals surface area (Å²) in [5, 5.41) is 0. The van der Waals surface area contributed by atoms with Crippen molar-refractivity contribution < 1.29 is 14.3 Å². The van der Waals surface area contributed by atoms with Crippen LogP contribution in [0.25, 0.3) is 5.57 Å². The fourth-order valence-corrected chi connectivity index (χ4v) is 5.42. The number of fused-ring (bicyclic) bond motifs is 1. The number of allylic oxidation sites excluding steroid dienone is 6. The molecule has 0 atom stereocenters. The van der Waals surface area contributed by atoms with E-state index in [1.54, 1.807) is 25.2 Å². The molecule has 0 N–H and O–H groups in total. The van der Waals surface area contributed by atoms with Gasteiger partial charge in [0.15, 0.2) is 11.5 Å². The second-order valence-corrected chi connectivity index (χ2v) is 9.65. The van der Waals surface area contributed by atoms with Crippen LogP contribution in [-0.2, 0) is 4.79 Å². The van der Waals surface area contributed by atoms with Crippen molar-refractivity contribution in [3.63, 3.8) is 0 Å². The molecule has 1 aromatic rings. The predicted molar refractivity (Wildman–Crippen MR) is 139 cm³/mol. The van der Waals surface area contributed by atoms with Gasteiger partial charge in [-0.05, 0) is 86.2 Å². The lowest BCUT2D eigenvalue weighted by Crippen LogP contribution is -2.38. The molecule has 1 amide bonds. The lowest BCUT2D eigenvalue weighted by Gasteiger charge is -2.37. The van der Waals surface area contributed by atoms with Crippen molar-refractivity contribution in [3.8, 4) is 11.5 Å². The number of hydrogen-bond acceptors (Lipinski definition) is 5. The predicted octanol–water partition coefficient (Wildman–Crippen LogP) is 4.59. The van der Waals surface area contributed by atoms with Gasteiger partial charge in [0.05, 0.1) is 19.9 Å². The molecule has 0 unspecified atom stereocenters. The molecule has 5 rings (SSSR count). The van der Waals surface area contributed by atoms with E-state index >= 15 is 0 Å². The highest BCUT2D eigenvalue weighted by atomic mass is 16.5. The monoisotopic (exact) mass is 473 g/mol. The number of carbonyl (C=O) groups is 1. The number of hydrogen-bond donors (Lipinski definition) is 0. The van der Waals surface area contributed by atoms with Crippen LogP contribution in [-0.4, -0.2) is 67.6 Å². The number of amides is 1. The van der Waals surface area contributed by atoms with E-state index in [0.29, 0.717) is 11.5 Å². The van der Waals surface area contributed by atoms with Crippen molar-refractivity contribution in [2.75, 3.05) is 46.9 Å². The van der Waals surface area contributed by atoms with E-state index in [2.05, 4.69) is 15.9 Å². The Bertz CT molecular complexity index is 1100. The average Bonchev–Trinajstić information content (AvgIpc) is 3.40. The number of nitrogens with zero attached hydrogens (tertiary/aromatic N) is 3. The first kappa shape index (κ1) is 23.5. The fraction of sp³-hybridized carbons (Fsp3) is 0.414. The minimum Gasteiger partial charge on any atom is -0.493 e. The first-order chi connectivity index (χ1) is 17.1. The van der Waals surface area contributed by atoms with Gasteiger partial charge >= 0.3 is 0 Å². The van der Waals surface area contributed by atoms with Crippen molar-refractivity contribution >= 4 is 11.5 Å². The molecule has 6 nitrogen and oxygen atoms in total. The second kappa shape index (κ2) is 10.6. The van der Waals surface area contributed by atoms with Gasteiger partial charge in [-0.1, -0.05) is 18.2 Å². The van der Waals surface area contributed by atoms with Gasteiger partial charge in [0.25, 0.3) is 5.91 Å². The third-order valence-electron chi connectivity index (χ3n) is 7.44. The van der Waals surface area contributed by atoms with E-state index in [1.165, 1.54) is 45.3 Å². The van der Waals surface area contributed by atoms with Gasteiger partial charge in [0, 0.05) is 37.6 Å². The van der Waals surface area contributed by atoms with Crippen LogP contribution in [0, 0.1) is 5.92 Å². The maximum absolute atomic E-state index is 13.4. The van der Waals surface area contributed by atoms with Gasteiger partial charge in [-0.3, -0.25) is 9.69 Å². The highest BCUT2D eigenvalue weighted by Crippen LogP contribution is 2.32.